The Morgan fingerprint density at radius 2 is 2.45 bits per heavy atom. The maximum atomic E-state index is 10.4. The van der Waals surface area contributed by atoms with E-state index in [1.165, 1.54) is 4.90 Å². The van der Waals surface area contributed by atoms with Crippen molar-refractivity contribution in [3.05, 3.63) is 11.1 Å². The molecule has 1 N–H and O–H groups in total. The molecule has 0 bridgehead atoms. The number of thiol groups is 2. The van der Waals surface area contributed by atoms with Gasteiger partial charge in [-0.05, 0) is 18.3 Å². The first kappa shape index (κ1) is 8.89. The number of carbonyl (C=O) groups is 1. The Bertz CT molecular complexity index is 228. The van der Waals surface area contributed by atoms with Gasteiger partial charge in [0.2, 0.25) is 6.41 Å². The zero-order valence-electron chi connectivity index (χ0n) is 5.39. The van der Waals surface area contributed by atoms with Crippen molar-refractivity contribution in [3.63, 3.8) is 0 Å². The predicted octanol–water partition coefficient (Wildman–Crippen LogP) is 0.360. The van der Waals surface area contributed by atoms with Crippen LogP contribution in [0.25, 0.3) is 0 Å². The van der Waals surface area contributed by atoms with E-state index in [9.17, 15) is 4.79 Å². The van der Waals surface area contributed by atoms with Gasteiger partial charge < -0.3 is 5.32 Å². The third-order valence-electron chi connectivity index (χ3n) is 1.18. The maximum Gasteiger partial charge on any atom is 0.217 e. The van der Waals surface area contributed by atoms with E-state index in [0.717, 1.165) is 0 Å². The maximum absolute atomic E-state index is 10.4. The molecule has 0 spiro atoms. The molecule has 1 aliphatic rings. The zero-order valence-corrected chi connectivity index (χ0v) is 8.00. The molecule has 0 aromatic rings. The number of rotatable bonds is 1. The van der Waals surface area contributed by atoms with E-state index in [2.05, 4.69) is 30.6 Å². The molecule has 0 radical (unpaired) electrons. The number of thiocarbonyl (C=S) groups is 1. The van der Waals surface area contributed by atoms with E-state index >= 15 is 0 Å². The second kappa shape index (κ2) is 3.46. The molecule has 6 heteroatoms. The monoisotopic (exact) mass is 206 g/mol. The minimum Gasteiger partial charge on any atom is -0.327 e. The smallest absolute Gasteiger partial charge is 0.217 e. The van der Waals surface area contributed by atoms with Gasteiger partial charge in [0.1, 0.15) is 5.37 Å². The molecule has 1 rings (SSSR count). The Hall–Kier alpha value is -0.200. The fourth-order valence-electron chi connectivity index (χ4n) is 0.668. The molecule has 1 atom stereocenters. The molecule has 11 heavy (non-hydrogen) atoms. The summed E-state index contributed by atoms with van der Waals surface area (Å²) in [5.74, 6) is 0. The number of carbonyl (C=O) groups excluding carboxylic acids is 1. The van der Waals surface area contributed by atoms with Crippen molar-refractivity contribution < 1.29 is 4.79 Å². The van der Waals surface area contributed by atoms with Gasteiger partial charge in [-0.25, -0.2) is 0 Å². The zero-order chi connectivity index (χ0) is 8.43. The van der Waals surface area contributed by atoms with Crippen molar-refractivity contribution in [2.45, 2.75) is 5.37 Å². The van der Waals surface area contributed by atoms with Crippen molar-refractivity contribution in [2.75, 3.05) is 0 Å². The summed E-state index contributed by atoms with van der Waals surface area (Å²) in [5, 5.41) is 3.35. The summed E-state index contributed by atoms with van der Waals surface area (Å²) < 4.78 is 0. The quantitative estimate of drug-likeness (QED) is 0.329. The Morgan fingerprint density at radius 1 is 1.82 bits per heavy atom. The van der Waals surface area contributed by atoms with Gasteiger partial charge >= 0.3 is 0 Å². The number of hydrogen-bond acceptors (Lipinski definition) is 4. The van der Waals surface area contributed by atoms with Crippen LogP contribution in [0, 0.1) is 0 Å². The summed E-state index contributed by atoms with van der Waals surface area (Å²) in [5.41, 5.74) is 0. The van der Waals surface area contributed by atoms with Crippen molar-refractivity contribution in [1.29, 1.82) is 0 Å². The van der Waals surface area contributed by atoms with Crippen molar-refractivity contribution in [2.24, 2.45) is 0 Å². The van der Waals surface area contributed by atoms with Crippen LogP contribution in [0.2, 0.25) is 0 Å². The molecule has 0 fully saturated rings. The molecule has 0 aromatic heterocycles. The summed E-state index contributed by atoms with van der Waals surface area (Å²) in [6.45, 7) is 0. The molecule has 1 heterocycles. The van der Waals surface area contributed by atoms with Crippen LogP contribution in [-0.2, 0) is 4.79 Å². The Balaban J connectivity index is 2.85. The summed E-state index contributed by atoms with van der Waals surface area (Å²) in [4.78, 5) is 11.7. The molecule has 0 saturated heterocycles. The number of amides is 1. The van der Waals surface area contributed by atoms with Gasteiger partial charge in [-0.2, -0.15) is 0 Å². The molecule has 0 aromatic carbocycles. The van der Waals surface area contributed by atoms with Gasteiger partial charge in [0, 0.05) is 0 Å². The van der Waals surface area contributed by atoms with Gasteiger partial charge in [0.05, 0.1) is 5.03 Å². The van der Waals surface area contributed by atoms with Crippen LogP contribution < -0.4 is 5.32 Å². The summed E-state index contributed by atoms with van der Waals surface area (Å²) >= 11 is 13.0. The highest BCUT2D eigenvalue weighted by atomic mass is 32.1. The molecule has 0 aliphatic carbocycles. The highest BCUT2D eigenvalue weighted by Gasteiger charge is 2.20. The fourth-order valence-corrected chi connectivity index (χ4v) is 1.77. The summed E-state index contributed by atoms with van der Waals surface area (Å²) in [6.07, 6.45) is 2.31. The molecular formula is C5H6N2OS3. The third-order valence-corrected chi connectivity index (χ3v) is 2.15. The van der Waals surface area contributed by atoms with Crippen LogP contribution in [0.1, 0.15) is 0 Å². The number of nitrogens with zero attached hydrogens (tertiary/aromatic N) is 1. The molecule has 3 nitrogen and oxygen atoms in total. The topological polar surface area (TPSA) is 32.3 Å². The van der Waals surface area contributed by atoms with E-state index in [-0.39, 0.29) is 5.37 Å². The van der Waals surface area contributed by atoms with E-state index in [1.54, 1.807) is 6.08 Å². The SMILES string of the molecule is O=CN1C(=S)NC(S)=CC1S. The lowest BCUT2D eigenvalue weighted by Gasteiger charge is -2.27. The first-order chi connectivity index (χ1) is 5.15. The highest BCUT2D eigenvalue weighted by molar-refractivity contribution is 7.85. The van der Waals surface area contributed by atoms with Crippen LogP contribution >= 0.6 is 37.5 Å². The standard InChI is InChI=1S/C5H6N2OS3/c8-2-7-4(10)1-3(9)6-5(7)11/h1-2,4,9-10H,(H,6,11). The predicted molar refractivity (Wildman–Crippen MR) is 53.5 cm³/mol. The van der Waals surface area contributed by atoms with Crippen LogP contribution in [-0.4, -0.2) is 21.8 Å². The lowest BCUT2D eigenvalue weighted by molar-refractivity contribution is -0.114. The molecule has 1 unspecified atom stereocenters. The lowest BCUT2D eigenvalue weighted by Crippen LogP contribution is -2.45. The van der Waals surface area contributed by atoms with E-state index in [4.69, 9.17) is 12.2 Å². The van der Waals surface area contributed by atoms with Gasteiger partial charge in [-0.3, -0.25) is 9.69 Å². The van der Waals surface area contributed by atoms with E-state index < -0.39 is 0 Å². The number of hydrogen-bond donors (Lipinski definition) is 3. The number of nitrogens with one attached hydrogen (secondary N) is 1. The largest absolute Gasteiger partial charge is 0.327 e. The molecule has 60 valence electrons. The second-order valence-corrected chi connectivity index (χ2v) is 3.31. The first-order valence-electron chi connectivity index (χ1n) is 2.78. The normalized spacial score (nSPS) is 24.2. The van der Waals surface area contributed by atoms with Crippen molar-refractivity contribution in [3.8, 4) is 0 Å². The Labute approximate surface area is 80.6 Å². The fraction of sp³-hybridized carbons (Fsp3) is 0.200. The molecule has 1 amide bonds. The lowest BCUT2D eigenvalue weighted by atomic mass is 10.5. The van der Waals surface area contributed by atoms with Crippen LogP contribution in [0.3, 0.4) is 0 Å². The average molecular weight is 206 g/mol. The Morgan fingerprint density at radius 3 is 2.91 bits per heavy atom. The van der Waals surface area contributed by atoms with Gasteiger partial charge in [0.25, 0.3) is 0 Å². The van der Waals surface area contributed by atoms with Crippen LogP contribution in [0.4, 0.5) is 0 Å². The van der Waals surface area contributed by atoms with Gasteiger partial charge in [0.15, 0.2) is 5.11 Å². The average Bonchev–Trinajstić information content (AvgIpc) is 1.85. The minimum atomic E-state index is -0.311. The van der Waals surface area contributed by atoms with Crippen LogP contribution in [0.15, 0.2) is 11.1 Å². The summed E-state index contributed by atoms with van der Waals surface area (Å²) in [7, 11) is 0. The highest BCUT2D eigenvalue weighted by Crippen LogP contribution is 2.13. The third kappa shape index (κ3) is 1.88. The Kier molecular flexibility index (Phi) is 2.80. The summed E-state index contributed by atoms with van der Waals surface area (Å²) in [6, 6.07) is 0. The van der Waals surface area contributed by atoms with E-state index in [1.807, 2.05) is 0 Å². The first-order valence-corrected chi connectivity index (χ1v) is 4.16. The van der Waals surface area contributed by atoms with Crippen molar-refractivity contribution >= 4 is 49.0 Å². The molecule has 1 aliphatic heterocycles. The molecular weight excluding hydrogens is 200 g/mol. The molecule has 0 saturated carbocycles. The van der Waals surface area contributed by atoms with Gasteiger partial charge in [-0.15, -0.1) is 25.3 Å². The minimum absolute atomic E-state index is 0.311. The second-order valence-electron chi connectivity index (χ2n) is 1.91. The van der Waals surface area contributed by atoms with E-state index in [0.29, 0.717) is 16.6 Å². The van der Waals surface area contributed by atoms with Crippen LogP contribution in [0.5, 0.6) is 0 Å². The van der Waals surface area contributed by atoms with Crippen molar-refractivity contribution in [1.82, 2.24) is 10.2 Å². The van der Waals surface area contributed by atoms with Gasteiger partial charge in [-0.1, -0.05) is 0 Å².